The van der Waals surface area contributed by atoms with E-state index in [2.05, 4.69) is 17.7 Å². The zero-order valence-electron chi connectivity index (χ0n) is 7.64. The molecule has 0 atom stereocenters. The molecule has 2 rings (SSSR count). The molecule has 5 heteroatoms. The maximum Gasteiger partial charge on any atom is 0.283 e. The lowest BCUT2D eigenvalue weighted by Crippen LogP contribution is -2.05. The number of rotatable bonds is 1. The molecule has 0 saturated heterocycles. The molecule has 0 aliphatic heterocycles. The molecule has 1 N–H and O–H groups in total. The number of nitriles is 1. The molecule has 0 aliphatic carbocycles. The smallest absolute Gasteiger partial charge is 0.266 e. The average molecular weight is 217 g/mol. The van der Waals surface area contributed by atoms with Gasteiger partial charge in [-0.1, -0.05) is 18.2 Å². The predicted molar refractivity (Wildman–Crippen MR) is 58.4 cm³/mol. The second kappa shape index (κ2) is 3.67. The molecule has 0 radical (unpaired) electrons. The van der Waals surface area contributed by atoms with Crippen molar-refractivity contribution in [1.82, 2.24) is 9.78 Å². The molecule has 0 spiro atoms. The summed E-state index contributed by atoms with van der Waals surface area (Å²) in [5.41, 5.74) is 0.370. The van der Waals surface area contributed by atoms with Gasteiger partial charge in [0, 0.05) is 0 Å². The highest BCUT2D eigenvalue weighted by Crippen LogP contribution is 2.14. The molecular weight excluding hydrogens is 210 g/mol. The van der Waals surface area contributed by atoms with Crippen molar-refractivity contribution in [3.8, 4) is 11.8 Å². The van der Waals surface area contributed by atoms with Gasteiger partial charge in [0.1, 0.15) is 11.1 Å². The van der Waals surface area contributed by atoms with Gasteiger partial charge in [-0.2, -0.15) is 5.26 Å². The molecular formula is C10H7N3OS. The monoisotopic (exact) mass is 217 g/mol. The number of nitrogens with one attached hydrogen (secondary N) is 1. The second-order valence-electron chi connectivity index (χ2n) is 2.92. The largest absolute Gasteiger partial charge is 0.283 e. The molecule has 1 aromatic heterocycles. The topological polar surface area (TPSA) is 61.6 Å². The number of benzene rings is 1. The van der Waals surface area contributed by atoms with Crippen molar-refractivity contribution in [1.29, 1.82) is 5.26 Å². The lowest BCUT2D eigenvalue weighted by molar-refractivity contribution is 0.796. The molecule has 0 bridgehead atoms. The number of para-hydroxylation sites is 1. The van der Waals surface area contributed by atoms with Crippen molar-refractivity contribution in [2.75, 3.05) is 0 Å². The summed E-state index contributed by atoms with van der Waals surface area (Å²) >= 11 is 4.13. The summed E-state index contributed by atoms with van der Waals surface area (Å²) < 4.78 is 1.48. The van der Waals surface area contributed by atoms with Crippen molar-refractivity contribution in [3.05, 3.63) is 46.2 Å². The first-order chi connectivity index (χ1) is 7.24. The SMILES string of the molecule is N#Cc1c(S)n(-c2ccccc2)[nH]c1=O. The van der Waals surface area contributed by atoms with Crippen molar-refractivity contribution in [3.63, 3.8) is 0 Å². The summed E-state index contributed by atoms with van der Waals surface area (Å²) in [5, 5.41) is 11.6. The number of aromatic amines is 1. The van der Waals surface area contributed by atoms with Gasteiger partial charge in [0.25, 0.3) is 5.56 Å². The molecule has 2 aromatic rings. The quantitative estimate of drug-likeness (QED) is 0.708. The van der Waals surface area contributed by atoms with Crippen LogP contribution in [-0.2, 0) is 0 Å². The molecule has 1 aromatic carbocycles. The third kappa shape index (κ3) is 1.55. The summed E-state index contributed by atoms with van der Waals surface area (Å²) in [6, 6.07) is 11.0. The summed E-state index contributed by atoms with van der Waals surface area (Å²) in [4.78, 5) is 11.3. The fourth-order valence-electron chi connectivity index (χ4n) is 1.29. The van der Waals surface area contributed by atoms with Crippen molar-refractivity contribution in [2.24, 2.45) is 0 Å². The Morgan fingerprint density at radius 1 is 1.33 bits per heavy atom. The Labute approximate surface area is 91.2 Å². The summed E-state index contributed by atoms with van der Waals surface area (Å²) in [7, 11) is 0. The van der Waals surface area contributed by atoms with Crippen LogP contribution >= 0.6 is 12.6 Å². The van der Waals surface area contributed by atoms with E-state index in [0.29, 0.717) is 5.03 Å². The van der Waals surface area contributed by atoms with E-state index in [4.69, 9.17) is 5.26 Å². The van der Waals surface area contributed by atoms with Gasteiger partial charge in [0.05, 0.1) is 5.69 Å². The van der Waals surface area contributed by atoms with Crippen LogP contribution in [0.3, 0.4) is 0 Å². The molecule has 0 saturated carbocycles. The van der Waals surface area contributed by atoms with Crippen LogP contribution in [0.15, 0.2) is 40.2 Å². The molecule has 1 heterocycles. The van der Waals surface area contributed by atoms with Gasteiger partial charge in [-0.25, -0.2) is 4.68 Å². The second-order valence-corrected chi connectivity index (χ2v) is 3.35. The minimum Gasteiger partial charge on any atom is -0.266 e. The van der Waals surface area contributed by atoms with Crippen LogP contribution in [0, 0.1) is 11.3 Å². The summed E-state index contributed by atoms with van der Waals surface area (Å²) in [6.07, 6.45) is 0. The van der Waals surface area contributed by atoms with E-state index in [1.807, 2.05) is 36.4 Å². The highest BCUT2D eigenvalue weighted by atomic mass is 32.1. The third-order valence-electron chi connectivity index (χ3n) is 2.00. The van der Waals surface area contributed by atoms with Crippen LogP contribution < -0.4 is 5.56 Å². The molecule has 0 aliphatic rings. The highest BCUT2D eigenvalue weighted by molar-refractivity contribution is 7.80. The Morgan fingerprint density at radius 2 is 2.00 bits per heavy atom. The maximum absolute atomic E-state index is 11.3. The minimum atomic E-state index is -0.425. The number of aromatic nitrogens is 2. The Hall–Kier alpha value is -1.93. The number of nitrogens with zero attached hydrogens (tertiary/aromatic N) is 2. The fourth-order valence-corrected chi connectivity index (χ4v) is 1.61. The number of hydrogen-bond donors (Lipinski definition) is 2. The zero-order valence-corrected chi connectivity index (χ0v) is 8.53. The average Bonchev–Trinajstić information content (AvgIpc) is 2.55. The Kier molecular flexibility index (Phi) is 2.35. The lowest BCUT2D eigenvalue weighted by atomic mass is 10.3. The highest BCUT2D eigenvalue weighted by Gasteiger charge is 2.11. The van der Waals surface area contributed by atoms with E-state index < -0.39 is 5.56 Å². The molecule has 74 valence electrons. The van der Waals surface area contributed by atoms with Gasteiger partial charge in [0.2, 0.25) is 0 Å². The van der Waals surface area contributed by atoms with E-state index in [1.165, 1.54) is 4.68 Å². The maximum atomic E-state index is 11.3. The van der Waals surface area contributed by atoms with E-state index in [0.717, 1.165) is 5.69 Å². The first kappa shape index (κ1) is 9.62. The molecule has 0 unspecified atom stereocenters. The predicted octanol–water partition coefficient (Wildman–Crippen LogP) is 1.33. The van der Waals surface area contributed by atoms with Gasteiger partial charge in [-0.15, -0.1) is 12.6 Å². The van der Waals surface area contributed by atoms with Crippen LogP contribution in [0.4, 0.5) is 0 Å². The number of H-pyrrole nitrogens is 1. The van der Waals surface area contributed by atoms with Gasteiger partial charge in [-0.3, -0.25) is 9.89 Å². The number of hydrogen-bond acceptors (Lipinski definition) is 3. The summed E-state index contributed by atoms with van der Waals surface area (Å²) in [5.74, 6) is 0. The molecule has 0 fully saturated rings. The van der Waals surface area contributed by atoms with E-state index in [9.17, 15) is 4.79 Å². The summed E-state index contributed by atoms with van der Waals surface area (Å²) in [6.45, 7) is 0. The molecule has 4 nitrogen and oxygen atoms in total. The van der Waals surface area contributed by atoms with E-state index >= 15 is 0 Å². The third-order valence-corrected chi connectivity index (χ3v) is 2.43. The van der Waals surface area contributed by atoms with Crippen LogP contribution in [0.5, 0.6) is 0 Å². The first-order valence-electron chi connectivity index (χ1n) is 4.23. The Bertz CT molecular complexity index is 577. The van der Waals surface area contributed by atoms with E-state index in [-0.39, 0.29) is 5.56 Å². The van der Waals surface area contributed by atoms with Crippen LogP contribution in [-0.4, -0.2) is 9.78 Å². The van der Waals surface area contributed by atoms with E-state index in [1.54, 1.807) is 0 Å². The molecule has 15 heavy (non-hydrogen) atoms. The van der Waals surface area contributed by atoms with Crippen molar-refractivity contribution >= 4 is 12.6 Å². The van der Waals surface area contributed by atoms with Crippen LogP contribution in [0.1, 0.15) is 5.56 Å². The van der Waals surface area contributed by atoms with Gasteiger partial charge in [0.15, 0.2) is 5.56 Å². The van der Waals surface area contributed by atoms with Gasteiger partial charge in [-0.05, 0) is 12.1 Å². The van der Waals surface area contributed by atoms with Crippen molar-refractivity contribution < 1.29 is 0 Å². The Morgan fingerprint density at radius 3 is 2.53 bits per heavy atom. The number of thiol groups is 1. The van der Waals surface area contributed by atoms with Gasteiger partial charge >= 0.3 is 0 Å². The first-order valence-corrected chi connectivity index (χ1v) is 4.68. The normalized spacial score (nSPS) is 9.87. The van der Waals surface area contributed by atoms with Crippen LogP contribution in [0.2, 0.25) is 0 Å². The fraction of sp³-hybridized carbons (Fsp3) is 0. The standard InChI is InChI=1S/C10H7N3OS/c11-6-8-9(14)12-13(10(8)15)7-4-2-1-3-5-7/h1-5,15H,(H,12,14). The zero-order chi connectivity index (χ0) is 10.8. The molecule has 0 amide bonds. The Balaban J connectivity index is 2.67. The van der Waals surface area contributed by atoms with Crippen LogP contribution in [0.25, 0.3) is 5.69 Å². The van der Waals surface area contributed by atoms with Crippen molar-refractivity contribution in [2.45, 2.75) is 5.03 Å². The lowest BCUT2D eigenvalue weighted by Gasteiger charge is -2.02. The van der Waals surface area contributed by atoms with Gasteiger partial charge < -0.3 is 0 Å². The minimum absolute atomic E-state index is 0.0298.